The van der Waals surface area contributed by atoms with Gasteiger partial charge >= 0.3 is 0 Å². The fourth-order valence-electron chi connectivity index (χ4n) is 2.54. The standard InChI is InChI=1S/C17H13N3S/c1-2-6-15-13(5-1)17(14-10-21-11-16(14)20-15)19-9-12-4-3-7-18-8-12/h1-9H,10-11H2. The zero-order chi connectivity index (χ0) is 14.1. The normalized spacial score (nSPS) is 13.9. The number of aromatic nitrogens is 2. The lowest BCUT2D eigenvalue weighted by atomic mass is 10.1. The predicted octanol–water partition coefficient (Wildman–Crippen LogP) is 4.13. The van der Waals surface area contributed by atoms with Crippen LogP contribution in [0.15, 0.2) is 53.8 Å². The molecule has 2 aromatic heterocycles. The lowest BCUT2D eigenvalue weighted by molar-refractivity contribution is 1.19. The third-order valence-electron chi connectivity index (χ3n) is 3.56. The van der Waals surface area contributed by atoms with Crippen LogP contribution in [0.1, 0.15) is 16.8 Å². The van der Waals surface area contributed by atoms with Crippen molar-refractivity contribution in [3.8, 4) is 0 Å². The fraction of sp³-hybridized carbons (Fsp3) is 0.118. The summed E-state index contributed by atoms with van der Waals surface area (Å²) in [6, 6.07) is 12.2. The second kappa shape index (κ2) is 5.30. The van der Waals surface area contributed by atoms with Gasteiger partial charge in [0.15, 0.2) is 0 Å². The first-order valence-electron chi connectivity index (χ1n) is 6.84. The molecule has 3 heterocycles. The quantitative estimate of drug-likeness (QED) is 0.666. The second-order valence-electron chi connectivity index (χ2n) is 4.94. The molecular weight excluding hydrogens is 278 g/mol. The molecule has 0 aliphatic carbocycles. The maximum atomic E-state index is 4.76. The first kappa shape index (κ1) is 12.5. The van der Waals surface area contributed by atoms with Gasteiger partial charge in [-0.2, -0.15) is 11.8 Å². The summed E-state index contributed by atoms with van der Waals surface area (Å²) in [6.45, 7) is 0. The van der Waals surface area contributed by atoms with E-state index in [1.807, 2.05) is 48.4 Å². The van der Waals surface area contributed by atoms with Gasteiger partial charge in [-0.1, -0.05) is 24.3 Å². The lowest BCUT2D eigenvalue weighted by Gasteiger charge is -2.07. The molecule has 1 aliphatic rings. The Balaban J connectivity index is 1.89. The molecule has 102 valence electrons. The minimum absolute atomic E-state index is 0.982. The molecule has 4 rings (SSSR count). The van der Waals surface area contributed by atoms with Gasteiger partial charge < -0.3 is 0 Å². The largest absolute Gasteiger partial charge is 0.264 e. The smallest absolute Gasteiger partial charge is 0.0782 e. The van der Waals surface area contributed by atoms with Gasteiger partial charge in [0.1, 0.15) is 0 Å². The summed E-state index contributed by atoms with van der Waals surface area (Å²) in [6.07, 6.45) is 5.48. The van der Waals surface area contributed by atoms with Crippen molar-refractivity contribution in [2.75, 3.05) is 0 Å². The number of fused-ring (bicyclic) bond motifs is 2. The third-order valence-corrected chi connectivity index (χ3v) is 4.53. The number of pyridine rings is 2. The molecule has 0 unspecified atom stereocenters. The van der Waals surface area contributed by atoms with Crippen molar-refractivity contribution in [2.24, 2.45) is 4.99 Å². The van der Waals surface area contributed by atoms with Gasteiger partial charge in [0.05, 0.1) is 16.9 Å². The molecule has 3 aromatic rings. The Morgan fingerprint density at radius 1 is 1.10 bits per heavy atom. The van der Waals surface area contributed by atoms with E-state index in [1.165, 1.54) is 11.3 Å². The van der Waals surface area contributed by atoms with Crippen LogP contribution in [0, 0.1) is 0 Å². The van der Waals surface area contributed by atoms with E-state index >= 15 is 0 Å². The molecule has 0 saturated carbocycles. The van der Waals surface area contributed by atoms with Crippen molar-refractivity contribution in [1.82, 2.24) is 9.97 Å². The van der Waals surface area contributed by atoms with E-state index in [-0.39, 0.29) is 0 Å². The Morgan fingerprint density at radius 3 is 2.95 bits per heavy atom. The van der Waals surface area contributed by atoms with Gasteiger partial charge in [-0.3, -0.25) is 15.0 Å². The van der Waals surface area contributed by atoms with Crippen LogP contribution in [0.25, 0.3) is 10.9 Å². The van der Waals surface area contributed by atoms with Crippen LogP contribution in [-0.2, 0) is 11.5 Å². The number of nitrogens with zero attached hydrogens (tertiary/aromatic N) is 3. The molecule has 0 bridgehead atoms. The van der Waals surface area contributed by atoms with Crippen LogP contribution in [0.3, 0.4) is 0 Å². The number of hydrogen-bond donors (Lipinski definition) is 0. The molecule has 4 heteroatoms. The van der Waals surface area contributed by atoms with Crippen LogP contribution in [-0.4, -0.2) is 16.2 Å². The monoisotopic (exact) mass is 291 g/mol. The molecule has 0 saturated heterocycles. The Bertz CT molecular complexity index is 828. The zero-order valence-corrected chi connectivity index (χ0v) is 12.2. The van der Waals surface area contributed by atoms with Crippen LogP contribution in [0.2, 0.25) is 0 Å². The van der Waals surface area contributed by atoms with E-state index in [9.17, 15) is 0 Å². The molecule has 0 fully saturated rings. The Kier molecular flexibility index (Phi) is 3.16. The Hall–Kier alpha value is -2.20. The van der Waals surface area contributed by atoms with E-state index in [4.69, 9.17) is 9.98 Å². The summed E-state index contributed by atoms with van der Waals surface area (Å²) in [7, 11) is 0. The molecule has 0 atom stereocenters. The average Bonchev–Trinajstić information content (AvgIpc) is 3.00. The van der Waals surface area contributed by atoms with Gasteiger partial charge in [-0.15, -0.1) is 0 Å². The van der Waals surface area contributed by atoms with Gasteiger partial charge in [0.25, 0.3) is 0 Å². The molecule has 1 aliphatic heterocycles. The van der Waals surface area contributed by atoms with Crippen molar-refractivity contribution >= 4 is 34.6 Å². The predicted molar refractivity (Wildman–Crippen MR) is 88.2 cm³/mol. The zero-order valence-electron chi connectivity index (χ0n) is 11.4. The van der Waals surface area contributed by atoms with E-state index in [1.54, 1.807) is 6.20 Å². The Labute approximate surface area is 127 Å². The van der Waals surface area contributed by atoms with Crippen molar-refractivity contribution in [3.63, 3.8) is 0 Å². The molecule has 21 heavy (non-hydrogen) atoms. The highest BCUT2D eigenvalue weighted by atomic mass is 32.2. The topological polar surface area (TPSA) is 38.1 Å². The van der Waals surface area contributed by atoms with Crippen molar-refractivity contribution in [2.45, 2.75) is 11.5 Å². The van der Waals surface area contributed by atoms with Crippen LogP contribution >= 0.6 is 11.8 Å². The molecule has 0 radical (unpaired) electrons. The van der Waals surface area contributed by atoms with E-state index < -0.39 is 0 Å². The molecule has 1 aromatic carbocycles. The molecule has 0 spiro atoms. The number of thioether (sulfide) groups is 1. The van der Waals surface area contributed by atoms with Crippen LogP contribution < -0.4 is 0 Å². The van der Waals surface area contributed by atoms with E-state index in [0.29, 0.717) is 0 Å². The highest BCUT2D eigenvalue weighted by molar-refractivity contribution is 7.98. The van der Waals surface area contributed by atoms with Crippen molar-refractivity contribution in [3.05, 3.63) is 65.6 Å². The first-order chi connectivity index (χ1) is 10.4. The lowest BCUT2D eigenvalue weighted by Crippen LogP contribution is -1.92. The molecule has 3 nitrogen and oxygen atoms in total. The molecular formula is C17H13N3S. The van der Waals surface area contributed by atoms with Gasteiger partial charge in [-0.05, 0) is 12.1 Å². The highest BCUT2D eigenvalue weighted by Crippen LogP contribution is 2.39. The van der Waals surface area contributed by atoms with Gasteiger partial charge in [0.2, 0.25) is 0 Å². The Morgan fingerprint density at radius 2 is 2.05 bits per heavy atom. The summed E-state index contributed by atoms with van der Waals surface area (Å²) in [5.41, 5.74) is 5.55. The van der Waals surface area contributed by atoms with Crippen LogP contribution in [0.5, 0.6) is 0 Å². The fourth-order valence-corrected chi connectivity index (χ4v) is 3.58. The van der Waals surface area contributed by atoms with E-state index in [2.05, 4.69) is 17.1 Å². The summed E-state index contributed by atoms with van der Waals surface area (Å²) in [5, 5.41) is 1.12. The third kappa shape index (κ3) is 2.32. The summed E-state index contributed by atoms with van der Waals surface area (Å²) >= 11 is 1.90. The maximum Gasteiger partial charge on any atom is 0.0782 e. The number of para-hydroxylation sites is 1. The average molecular weight is 291 g/mol. The minimum atomic E-state index is 0.982. The maximum absolute atomic E-state index is 4.76. The second-order valence-corrected chi connectivity index (χ2v) is 5.93. The summed E-state index contributed by atoms with van der Waals surface area (Å²) < 4.78 is 0. The number of benzene rings is 1. The van der Waals surface area contributed by atoms with Crippen molar-refractivity contribution in [1.29, 1.82) is 0 Å². The SMILES string of the molecule is C(=Nc1c2c(nc3ccccc13)CSC2)c1cccnc1. The van der Waals surface area contributed by atoms with Gasteiger partial charge in [-0.25, -0.2) is 0 Å². The van der Waals surface area contributed by atoms with Crippen LogP contribution in [0.4, 0.5) is 5.69 Å². The summed E-state index contributed by atoms with van der Waals surface area (Å²) in [4.78, 5) is 13.6. The first-order valence-corrected chi connectivity index (χ1v) is 7.99. The summed E-state index contributed by atoms with van der Waals surface area (Å²) in [5.74, 6) is 1.97. The van der Waals surface area contributed by atoms with Crippen molar-refractivity contribution < 1.29 is 0 Å². The number of rotatable bonds is 2. The number of hydrogen-bond acceptors (Lipinski definition) is 4. The van der Waals surface area contributed by atoms with Gasteiger partial charge in [0, 0.05) is 46.6 Å². The molecule has 0 amide bonds. The molecule has 0 N–H and O–H groups in total. The number of aliphatic imine (C=N–C) groups is 1. The minimum Gasteiger partial charge on any atom is -0.264 e. The highest BCUT2D eigenvalue weighted by Gasteiger charge is 2.19. The van der Waals surface area contributed by atoms with E-state index in [0.717, 1.165) is 33.7 Å².